The Hall–Kier alpha value is -1.26. The van der Waals surface area contributed by atoms with Crippen LogP contribution in [0.3, 0.4) is 0 Å². The molecule has 0 bridgehead atoms. The summed E-state index contributed by atoms with van der Waals surface area (Å²) < 4.78 is 11.5. The van der Waals surface area contributed by atoms with Crippen LogP contribution in [0.25, 0.3) is 0 Å². The maximum Gasteiger partial charge on any atom is 0.161 e. The van der Waals surface area contributed by atoms with E-state index in [0.29, 0.717) is 12.0 Å². The number of hydrogen-bond donors (Lipinski definition) is 1. The summed E-state index contributed by atoms with van der Waals surface area (Å²) in [7, 11) is 0. The van der Waals surface area contributed by atoms with E-state index in [-0.39, 0.29) is 0 Å². The largest absolute Gasteiger partial charge is 0.490 e. The van der Waals surface area contributed by atoms with E-state index in [1.807, 2.05) is 0 Å². The summed E-state index contributed by atoms with van der Waals surface area (Å²) >= 11 is 0. The summed E-state index contributed by atoms with van der Waals surface area (Å²) in [4.78, 5) is 2.54. The Bertz CT molecular complexity index is 478. The van der Waals surface area contributed by atoms with Gasteiger partial charge in [0.05, 0.1) is 13.2 Å². The molecular weight excluding hydrogens is 264 g/mol. The fraction of sp³-hybridized carbons (Fsp3) is 0.647. The van der Waals surface area contributed by atoms with Crippen molar-refractivity contribution in [2.75, 3.05) is 32.8 Å². The summed E-state index contributed by atoms with van der Waals surface area (Å²) in [6.07, 6.45) is 3.46. The molecule has 1 aromatic carbocycles. The molecule has 4 nitrogen and oxygen atoms in total. The van der Waals surface area contributed by atoms with E-state index >= 15 is 0 Å². The van der Waals surface area contributed by atoms with E-state index in [9.17, 15) is 0 Å². The van der Waals surface area contributed by atoms with E-state index in [1.165, 1.54) is 18.4 Å². The van der Waals surface area contributed by atoms with Crippen molar-refractivity contribution < 1.29 is 9.47 Å². The molecular formula is C17H26N2O2. The number of hydrogen-bond acceptors (Lipinski definition) is 4. The Morgan fingerprint density at radius 1 is 1.24 bits per heavy atom. The van der Waals surface area contributed by atoms with Gasteiger partial charge >= 0.3 is 0 Å². The van der Waals surface area contributed by atoms with Crippen molar-refractivity contribution in [3.05, 3.63) is 23.8 Å². The summed E-state index contributed by atoms with van der Waals surface area (Å²) in [6, 6.07) is 6.77. The van der Waals surface area contributed by atoms with Crippen LogP contribution in [0.5, 0.6) is 11.5 Å². The lowest BCUT2D eigenvalue weighted by molar-refractivity contribution is 0.134. The summed E-state index contributed by atoms with van der Waals surface area (Å²) in [5.74, 6) is 2.41. The molecule has 1 aromatic rings. The number of likely N-dealkylation sites (tertiary alicyclic amines) is 1. The zero-order valence-electron chi connectivity index (χ0n) is 12.9. The third-order valence-electron chi connectivity index (χ3n) is 4.69. The minimum absolute atomic E-state index is 0.400. The molecule has 1 saturated heterocycles. The summed E-state index contributed by atoms with van der Waals surface area (Å²) in [5.41, 5.74) is 7.15. The molecule has 3 rings (SSSR count). The van der Waals surface area contributed by atoms with Gasteiger partial charge in [0.25, 0.3) is 0 Å². The number of rotatable bonds is 3. The number of fused-ring (bicyclic) bond motifs is 1. The van der Waals surface area contributed by atoms with Gasteiger partial charge in [-0.05, 0) is 56.5 Å². The first-order chi connectivity index (χ1) is 10.3. The molecule has 21 heavy (non-hydrogen) atoms. The summed E-state index contributed by atoms with van der Waals surface area (Å²) in [6.45, 7) is 6.82. The van der Waals surface area contributed by atoms with Crippen molar-refractivity contribution in [1.82, 2.24) is 4.90 Å². The maximum absolute atomic E-state index is 5.85. The second-order valence-electron chi connectivity index (χ2n) is 6.17. The number of nitrogens with zero attached hydrogens (tertiary/aromatic N) is 1. The van der Waals surface area contributed by atoms with Gasteiger partial charge < -0.3 is 15.2 Å². The molecule has 0 aromatic heterocycles. The molecule has 0 aliphatic carbocycles. The number of ether oxygens (including phenoxy) is 2. The van der Waals surface area contributed by atoms with Crippen LogP contribution < -0.4 is 15.2 Å². The van der Waals surface area contributed by atoms with E-state index in [0.717, 1.165) is 50.8 Å². The SMILES string of the molecule is CC(c1ccc2c(c1)OCCCO2)N1CCCC(CN)C1. The Kier molecular flexibility index (Phi) is 4.66. The van der Waals surface area contributed by atoms with E-state index < -0.39 is 0 Å². The standard InChI is InChI=1S/C17H26N2O2/c1-13(19-7-2-4-14(11-18)12-19)15-5-6-16-17(10-15)21-9-3-8-20-16/h5-6,10,13-14H,2-4,7-9,11-12,18H2,1H3. The lowest BCUT2D eigenvalue weighted by atomic mass is 9.95. The number of nitrogens with two attached hydrogens (primary N) is 1. The van der Waals surface area contributed by atoms with Gasteiger partial charge in [0.1, 0.15) is 0 Å². The van der Waals surface area contributed by atoms with Crippen LogP contribution in [0.15, 0.2) is 18.2 Å². The van der Waals surface area contributed by atoms with Crippen molar-refractivity contribution >= 4 is 0 Å². The Labute approximate surface area is 127 Å². The minimum Gasteiger partial charge on any atom is -0.490 e. The molecule has 0 saturated carbocycles. The van der Waals surface area contributed by atoms with E-state index in [2.05, 4.69) is 30.0 Å². The highest BCUT2D eigenvalue weighted by molar-refractivity contribution is 5.44. The van der Waals surface area contributed by atoms with E-state index in [4.69, 9.17) is 15.2 Å². The van der Waals surface area contributed by atoms with Gasteiger partial charge in [-0.3, -0.25) is 4.90 Å². The molecule has 2 heterocycles. The Morgan fingerprint density at radius 2 is 2.05 bits per heavy atom. The van der Waals surface area contributed by atoms with Crippen LogP contribution >= 0.6 is 0 Å². The van der Waals surface area contributed by atoms with Crippen LogP contribution in [0.2, 0.25) is 0 Å². The van der Waals surface area contributed by atoms with Crippen molar-refractivity contribution in [2.24, 2.45) is 11.7 Å². The summed E-state index contributed by atoms with van der Waals surface area (Å²) in [5, 5.41) is 0. The highest BCUT2D eigenvalue weighted by Gasteiger charge is 2.24. The lowest BCUT2D eigenvalue weighted by Gasteiger charge is -2.36. The van der Waals surface area contributed by atoms with Crippen molar-refractivity contribution in [3.63, 3.8) is 0 Å². The topological polar surface area (TPSA) is 47.7 Å². The lowest BCUT2D eigenvalue weighted by Crippen LogP contribution is -2.39. The third kappa shape index (κ3) is 3.33. The number of benzene rings is 1. The highest BCUT2D eigenvalue weighted by Crippen LogP contribution is 2.34. The van der Waals surface area contributed by atoms with Crippen molar-refractivity contribution in [2.45, 2.75) is 32.2 Å². The molecule has 4 heteroatoms. The fourth-order valence-corrected chi connectivity index (χ4v) is 3.29. The fourth-order valence-electron chi connectivity index (χ4n) is 3.29. The predicted molar refractivity (Wildman–Crippen MR) is 83.8 cm³/mol. The Morgan fingerprint density at radius 3 is 2.86 bits per heavy atom. The van der Waals surface area contributed by atoms with Crippen LogP contribution in [-0.4, -0.2) is 37.7 Å². The number of piperidine rings is 1. The molecule has 2 N–H and O–H groups in total. The first kappa shape index (κ1) is 14.7. The Balaban J connectivity index is 1.75. The second-order valence-corrected chi connectivity index (χ2v) is 6.17. The van der Waals surface area contributed by atoms with Crippen LogP contribution in [-0.2, 0) is 0 Å². The normalized spacial score (nSPS) is 24.4. The molecule has 2 aliphatic heterocycles. The van der Waals surface area contributed by atoms with Gasteiger partial charge in [-0.1, -0.05) is 6.07 Å². The van der Waals surface area contributed by atoms with Gasteiger partial charge in [0.2, 0.25) is 0 Å². The average molecular weight is 290 g/mol. The minimum atomic E-state index is 0.400. The molecule has 2 unspecified atom stereocenters. The molecule has 0 spiro atoms. The molecule has 2 atom stereocenters. The van der Waals surface area contributed by atoms with Gasteiger partial charge in [0, 0.05) is 19.0 Å². The van der Waals surface area contributed by atoms with Gasteiger partial charge in [-0.15, -0.1) is 0 Å². The predicted octanol–water partition coefficient (Wildman–Crippen LogP) is 2.58. The van der Waals surface area contributed by atoms with Gasteiger partial charge in [0.15, 0.2) is 11.5 Å². The van der Waals surface area contributed by atoms with E-state index in [1.54, 1.807) is 0 Å². The quantitative estimate of drug-likeness (QED) is 0.929. The second kappa shape index (κ2) is 6.67. The van der Waals surface area contributed by atoms with Gasteiger partial charge in [-0.25, -0.2) is 0 Å². The molecule has 0 amide bonds. The monoisotopic (exact) mass is 290 g/mol. The first-order valence-electron chi connectivity index (χ1n) is 8.11. The van der Waals surface area contributed by atoms with Crippen LogP contribution in [0.4, 0.5) is 0 Å². The molecule has 1 fully saturated rings. The van der Waals surface area contributed by atoms with Crippen LogP contribution in [0.1, 0.15) is 37.8 Å². The van der Waals surface area contributed by atoms with Crippen molar-refractivity contribution in [3.8, 4) is 11.5 Å². The van der Waals surface area contributed by atoms with Crippen molar-refractivity contribution in [1.29, 1.82) is 0 Å². The zero-order chi connectivity index (χ0) is 14.7. The molecule has 0 radical (unpaired) electrons. The highest BCUT2D eigenvalue weighted by atomic mass is 16.5. The molecule has 2 aliphatic rings. The van der Waals surface area contributed by atoms with Gasteiger partial charge in [-0.2, -0.15) is 0 Å². The third-order valence-corrected chi connectivity index (χ3v) is 4.69. The molecule has 116 valence electrons. The smallest absolute Gasteiger partial charge is 0.161 e. The zero-order valence-corrected chi connectivity index (χ0v) is 12.9. The first-order valence-corrected chi connectivity index (χ1v) is 8.11. The van der Waals surface area contributed by atoms with Crippen LogP contribution in [0, 0.1) is 5.92 Å². The average Bonchev–Trinajstić information content (AvgIpc) is 2.78. The maximum atomic E-state index is 5.85.